The molecule has 0 spiro atoms. The van der Waals surface area contributed by atoms with Crippen LogP contribution in [0.1, 0.15) is 55.3 Å². The number of ketones is 2. The number of fused-ring (bicyclic) bond motifs is 1. The van der Waals surface area contributed by atoms with Crippen molar-refractivity contribution in [3.63, 3.8) is 0 Å². The third kappa shape index (κ3) is 5.80. The van der Waals surface area contributed by atoms with Crippen LogP contribution in [0, 0.1) is 19.8 Å². The molecule has 2 aliphatic rings. The maximum atomic E-state index is 11.9. The minimum Gasteiger partial charge on any atom is -0.391 e. The van der Waals surface area contributed by atoms with E-state index in [2.05, 4.69) is 67.3 Å². The molecule has 2 aromatic carbocycles. The summed E-state index contributed by atoms with van der Waals surface area (Å²) in [4.78, 5) is 35.9. The van der Waals surface area contributed by atoms with Crippen LogP contribution in [0.15, 0.2) is 48.5 Å². The van der Waals surface area contributed by atoms with Crippen LogP contribution in [0.3, 0.4) is 0 Å². The molecular weight excluding hydrogens is 462 g/mol. The molecule has 2 heterocycles. The number of unbranched alkanes of at least 4 members (excludes halogenated alkanes) is 2. The molecule has 3 aromatic rings. The molecule has 2 atom stereocenters. The van der Waals surface area contributed by atoms with Crippen molar-refractivity contribution in [1.29, 1.82) is 0 Å². The number of Topliss-reactive ketones (excluding diaryl/α,β-unsaturated/α-hetero) is 2. The number of nitrogens with zero attached hydrogens (tertiary/aromatic N) is 3. The van der Waals surface area contributed by atoms with E-state index in [1.807, 2.05) is 0 Å². The van der Waals surface area contributed by atoms with Gasteiger partial charge in [-0.25, -0.2) is 9.97 Å². The maximum absolute atomic E-state index is 11.9. The summed E-state index contributed by atoms with van der Waals surface area (Å²) in [7, 11) is 0. The van der Waals surface area contributed by atoms with Crippen LogP contribution < -0.4 is 4.90 Å². The zero-order valence-corrected chi connectivity index (χ0v) is 21.7. The van der Waals surface area contributed by atoms with Crippen LogP contribution in [0.4, 0.5) is 5.82 Å². The highest BCUT2D eigenvalue weighted by Gasteiger charge is 2.30. The van der Waals surface area contributed by atoms with Crippen LogP contribution >= 0.6 is 0 Å². The summed E-state index contributed by atoms with van der Waals surface area (Å²) in [6, 6.07) is 16.7. The predicted octanol–water partition coefficient (Wildman–Crippen LogP) is 5.26. The minimum atomic E-state index is -0.486. The molecule has 0 bridgehead atoms. The van der Waals surface area contributed by atoms with Crippen molar-refractivity contribution >= 4 is 17.4 Å². The van der Waals surface area contributed by atoms with E-state index in [1.165, 1.54) is 11.1 Å². The molecule has 2 unspecified atom stereocenters. The zero-order chi connectivity index (χ0) is 25.9. The number of aromatic nitrogens is 2. The van der Waals surface area contributed by atoms with E-state index in [0.717, 1.165) is 66.3 Å². The van der Waals surface area contributed by atoms with Crippen LogP contribution in [-0.2, 0) is 16.0 Å². The summed E-state index contributed by atoms with van der Waals surface area (Å²) < 4.78 is 0. The predicted molar refractivity (Wildman–Crippen MR) is 146 cm³/mol. The van der Waals surface area contributed by atoms with E-state index in [4.69, 9.17) is 9.97 Å². The van der Waals surface area contributed by atoms with E-state index in [9.17, 15) is 14.7 Å². The molecule has 0 radical (unpaired) electrons. The summed E-state index contributed by atoms with van der Waals surface area (Å²) in [6.45, 7) is 5.46. The molecule has 6 heteroatoms. The molecule has 6 nitrogen and oxygen atoms in total. The van der Waals surface area contributed by atoms with Gasteiger partial charge in [-0.05, 0) is 26.7 Å². The number of carbonyl (C=O) groups excluding carboxylic acids is 2. The quantitative estimate of drug-likeness (QED) is 0.338. The molecule has 0 saturated heterocycles. The van der Waals surface area contributed by atoms with Gasteiger partial charge in [-0.1, -0.05) is 72.5 Å². The second-order valence-corrected chi connectivity index (χ2v) is 10.7. The van der Waals surface area contributed by atoms with Gasteiger partial charge in [-0.3, -0.25) is 9.59 Å². The summed E-state index contributed by atoms with van der Waals surface area (Å²) in [5.74, 6) is 0.977. The molecule has 0 amide bonds. The van der Waals surface area contributed by atoms with E-state index < -0.39 is 6.10 Å². The van der Waals surface area contributed by atoms with E-state index >= 15 is 0 Å². The Hall–Kier alpha value is -3.38. The second-order valence-electron chi connectivity index (χ2n) is 10.7. The first-order valence-electron chi connectivity index (χ1n) is 13.4. The molecule has 1 aliphatic heterocycles. The first-order chi connectivity index (χ1) is 17.9. The number of aryl methyl sites for hydroxylation is 2. The lowest BCUT2D eigenvalue weighted by Gasteiger charge is -2.33. The Morgan fingerprint density at radius 1 is 0.838 bits per heavy atom. The monoisotopic (exact) mass is 497 g/mol. The SMILES string of the molecule is Cc1ccc(-c2nc3c(nc2-c2ccc(C)cc2)N(CCCCCC2CC(=O)CC2=O)CC(O)C3)cc1. The van der Waals surface area contributed by atoms with Crippen molar-refractivity contribution in [1.82, 2.24) is 9.97 Å². The van der Waals surface area contributed by atoms with Gasteiger partial charge < -0.3 is 10.0 Å². The highest BCUT2D eigenvalue weighted by Crippen LogP contribution is 2.35. The lowest BCUT2D eigenvalue weighted by atomic mass is 9.98. The number of aliphatic hydroxyl groups is 1. The van der Waals surface area contributed by atoms with Crippen LogP contribution in [0.25, 0.3) is 22.5 Å². The average molecular weight is 498 g/mol. The first-order valence-corrected chi connectivity index (χ1v) is 13.4. The molecular formula is C31H35N3O3. The molecule has 1 aromatic heterocycles. The maximum Gasteiger partial charge on any atom is 0.151 e. The van der Waals surface area contributed by atoms with Gasteiger partial charge in [0, 0.05) is 43.0 Å². The highest BCUT2D eigenvalue weighted by molar-refractivity contribution is 6.06. The smallest absolute Gasteiger partial charge is 0.151 e. The fraction of sp³-hybridized carbons (Fsp3) is 0.419. The molecule has 1 saturated carbocycles. The summed E-state index contributed by atoms with van der Waals surface area (Å²) in [5, 5.41) is 10.7. The van der Waals surface area contributed by atoms with Crippen molar-refractivity contribution in [3.8, 4) is 22.5 Å². The molecule has 5 rings (SSSR count). The summed E-state index contributed by atoms with van der Waals surface area (Å²) in [6.07, 6.45) is 4.18. The lowest BCUT2D eigenvalue weighted by molar-refractivity contribution is -0.122. The Morgan fingerprint density at radius 2 is 1.46 bits per heavy atom. The Balaban J connectivity index is 1.38. The van der Waals surface area contributed by atoms with Crippen LogP contribution in [-0.4, -0.2) is 45.8 Å². The molecule has 1 fully saturated rings. The summed E-state index contributed by atoms with van der Waals surface area (Å²) in [5.41, 5.74) is 6.96. The van der Waals surface area contributed by atoms with Crippen molar-refractivity contribution in [2.45, 2.75) is 64.9 Å². The number of carbonyl (C=O) groups is 2. The van der Waals surface area contributed by atoms with E-state index in [-0.39, 0.29) is 23.9 Å². The number of benzene rings is 2. The van der Waals surface area contributed by atoms with Gasteiger partial charge in [0.05, 0.1) is 29.6 Å². The molecule has 192 valence electrons. The first kappa shape index (κ1) is 25.3. The van der Waals surface area contributed by atoms with E-state index in [1.54, 1.807) is 0 Å². The van der Waals surface area contributed by atoms with Crippen molar-refractivity contribution in [2.75, 3.05) is 18.0 Å². The number of anilines is 1. The lowest BCUT2D eigenvalue weighted by Crippen LogP contribution is -2.40. The highest BCUT2D eigenvalue weighted by atomic mass is 16.3. The minimum absolute atomic E-state index is 0.0758. The number of rotatable bonds is 8. The number of β-amino-alcohol motifs (C(OH)–C–C–N with tert-alkyl or cyclic N) is 1. The van der Waals surface area contributed by atoms with Crippen molar-refractivity contribution in [3.05, 3.63) is 65.4 Å². The topological polar surface area (TPSA) is 83.4 Å². The van der Waals surface area contributed by atoms with Gasteiger partial charge in [0.25, 0.3) is 0 Å². The van der Waals surface area contributed by atoms with Gasteiger partial charge in [-0.2, -0.15) is 0 Å². The van der Waals surface area contributed by atoms with E-state index in [0.29, 0.717) is 19.4 Å². The Labute approximate surface area is 218 Å². The van der Waals surface area contributed by atoms with Gasteiger partial charge in [0.2, 0.25) is 0 Å². The molecule has 1 N–H and O–H groups in total. The fourth-order valence-corrected chi connectivity index (χ4v) is 5.44. The largest absolute Gasteiger partial charge is 0.391 e. The average Bonchev–Trinajstić information content (AvgIpc) is 3.20. The van der Waals surface area contributed by atoms with Gasteiger partial charge in [-0.15, -0.1) is 0 Å². The number of aliphatic hydroxyl groups excluding tert-OH is 1. The van der Waals surface area contributed by atoms with Gasteiger partial charge in [0.1, 0.15) is 11.6 Å². The third-order valence-electron chi connectivity index (χ3n) is 7.54. The standard InChI is InChI=1S/C31H35N3O3/c1-20-7-11-22(12-8-20)29-30(23-13-9-21(2)10-14-23)33-31-27(32-29)17-26(36)19-34(31)15-5-3-4-6-24-16-25(35)18-28(24)37/h7-14,24,26,36H,3-6,15-19H2,1-2H3. The van der Waals surface area contributed by atoms with Gasteiger partial charge in [0.15, 0.2) is 5.82 Å². The number of hydrogen-bond acceptors (Lipinski definition) is 6. The zero-order valence-electron chi connectivity index (χ0n) is 21.7. The second kappa shape index (κ2) is 10.9. The van der Waals surface area contributed by atoms with Gasteiger partial charge >= 0.3 is 0 Å². The Morgan fingerprint density at radius 3 is 2.05 bits per heavy atom. The fourth-order valence-electron chi connectivity index (χ4n) is 5.44. The third-order valence-corrected chi connectivity index (χ3v) is 7.54. The van der Waals surface area contributed by atoms with Crippen LogP contribution in [0.2, 0.25) is 0 Å². The Kier molecular flexibility index (Phi) is 7.47. The Bertz CT molecular complexity index is 1280. The number of hydrogen-bond donors (Lipinski definition) is 1. The van der Waals surface area contributed by atoms with Crippen LogP contribution in [0.5, 0.6) is 0 Å². The summed E-state index contributed by atoms with van der Waals surface area (Å²) >= 11 is 0. The molecule has 1 aliphatic carbocycles. The molecule has 37 heavy (non-hydrogen) atoms. The van der Waals surface area contributed by atoms with Crippen molar-refractivity contribution in [2.24, 2.45) is 5.92 Å². The van der Waals surface area contributed by atoms with Crippen molar-refractivity contribution < 1.29 is 14.7 Å². The normalized spacial score (nSPS) is 19.4.